The molecule has 1 N–H and O–H groups in total. The number of allylic oxidation sites excluding steroid dienone is 22. The molecule has 484 valence electrons. The van der Waals surface area contributed by atoms with Gasteiger partial charge in [0.15, 0.2) is 6.10 Å². The molecule has 0 aliphatic heterocycles. The van der Waals surface area contributed by atoms with E-state index in [1.165, 1.54) is 128 Å². The first kappa shape index (κ1) is 80.4. The molecule has 0 saturated heterocycles. The largest absolute Gasteiger partial charge is 0.477 e. The number of ether oxygens (including phenoxy) is 4. The third-order valence-corrected chi connectivity index (χ3v) is 14.4. The Hall–Kier alpha value is -4.57. The summed E-state index contributed by atoms with van der Waals surface area (Å²) in [5.74, 6) is -2.02. The van der Waals surface area contributed by atoms with Gasteiger partial charge in [0.05, 0.1) is 34.4 Å². The lowest BCUT2D eigenvalue weighted by Gasteiger charge is -2.25. The summed E-state index contributed by atoms with van der Waals surface area (Å²) in [5.41, 5.74) is 0. The minimum atomic E-state index is -1.52. The normalized spacial score (nSPS) is 13.6. The van der Waals surface area contributed by atoms with Gasteiger partial charge in [-0.3, -0.25) is 9.59 Å². The number of esters is 2. The van der Waals surface area contributed by atoms with Crippen molar-refractivity contribution in [3.05, 3.63) is 134 Å². The number of hydrogen-bond donors (Lipinski definition) is 1. The Balaban J connectivity index is 4.19. The minimum Gasteiger partial charge on any atom is -0.477 e. The summed E-state index contributed by atoms with van der Waals surface area (Å²) in [6.45, 7) is 4.76. The number of aliphatic carboxylic acids is 1. The van der Waals surface area contributed by atoms with Crippen LogP contribution in [-0.2, 0) is 33.3 Å². The van der Waals surface area contributed by atoms with E-state index in [0.717, 1.165) is 109 Å². The number of unbranched alkanes of at least 4 members (excludes halogenated alkanes) is 25. The Morgan fingerprint density at radius 1 is 0.365 bits per heavy atom. The zero-order chi connectivity index (χ0) is 61.9. The average Bonchev–Trinajstić information content (AvgIpc) is 3.49. The van der Waals surface area contributed by atoms with Gasteiger partial charge in [0, 0.05) is 12.8 Å². The van der Waals surface area contributed by atoms with E-state index < -0.39 is 24.3 Å². The van der Waals surface area contributed by atoms with E-state index in [9.17, 15) is 19.5 Å². The van der Waals surface area contributed by atoms with Crippen molar-refractivity contribution in [3.8, 4) is 0 Å². The van der Waals surface area contributed by atoms with Crippen molar-refractivity contribution < 1.29 is 42.9 Å². The summed E-state index contributed by atoms with van der Waals surface area (Å²) in [6.07, 6.45) is 91.2. The number of carbonyl (C=O) groups excluding carboxylic acids is 2. The van der Waals surface area contributed by atoms with Crippen LogP contribution in [0.5, 0.6) is 0 Å². The number of likely N-dealkylation sites (N-methyl/N-ethyl adjacent to an activating group) is 1. The molecule has 0 bridgehead atoms. The maximum Gasteiger partial charge on any atom is 0.361 e. The Morgan fingerprint density at radius 3 is 1.01 bits per heavy atom. The molecule has 0 aliphatic carbocycles. The molecule has 0 saturated carbocycles. The molecule has 9 heteroatoms. The highest BCUT2D eigenvalue weighted by molar-refractivity contribution is 5.71. The summed E-state index contributed by atoms with van der Waals surface area (Å²) in [5, 5.41) is 9.74. The molecular weight excluding hydrogens is 1050 g/mol. The van der Waals surface area contributed by atoms with E-state index in [2.05, 4.69) is 148 Å². The second-order valence-electron chi connectivity index (χ2n) is 23.7. The SMILES string of the molecule is CC/C=C\C/C=C\C/C=C\C/C=C\C/C=C\C/C=C\C/C=C\C/C=C\C/C=C\C/C=C\CCCCCCCCCCC(=O)OC(COC(=O)CCCCCCCCCCC/C=C\CCCCCCCCCC)COC(OCC[N+](C)(C)C)C(=O)O. The highest BCUT2D eigenvalue weighted by Crippen LogP contribution is 2.16. The number of rotatable bonds is 62. The zero-order valence-corrected chi connectivity index (χ0v) is 55.2. The van der Waals surface area contributed by atoms with Gasteiger partial charge in [0.1, 0.15) is 13.2 Å². The quantitative estimate of drug-likeness (QED) is 0.0211. The van der Waals surface area contributed by atoms with Crippen molar-refractivity contribution in [1.29, 1.82) is 0 Å². The molecule has 0 aliphatic rings. The van der Waals surface area contributed by atoms with Gasteiger partial charge in [0.25, 0.3) is 6.29 Å². The van der Waals surface area contributed by atoms with Gasteiger partial charge < -0.3 is 28.5 Å². The smallest absolute Gasteiger partial charge is 0.361 e. The van der Waals surface area contributed by atoms with Crippen LogP contribution in [0.3, 0.4) is 0 Å². The van der Waals surface area contributed by atoms with E-state index >= 15 is 0 Å². The number of carbonyl (C=O) groups is 3. The zero-order valence-electron chi connectivity index (χ0n) is 55.2. The molecule has 85 heavy (non-hydrogen) atoms. The third kappa shape index (κ3) is 66.8. The average molecular weight is 1180 g/mol. The monoisotopic (exact) mass is 1180 g/mol. The van der Waals surface area contributed by atoms with Crippen LogP contribution in [-0.4, -0.2) is 87.4 Å². The van der Waals surface area contributed by atoms with E-state index in [0.29, 0.717) is 23.9 Å². The highest BCUT2D eigenvalue weighted by atomic mass is 16.7. The van der Waals surface area contributed by atoms with Crippen molar-refractivity contribution in [1.82, 2.24) is 0 Å². The van der Waals surface area contributed by atoms with Gasteiger partial charge in [-0.05, 0) is 116 Å². The summed E-state index contributed by atoms with van der Waals surface area (Å²) < 4.78 is 22.9. The highest BCUT2D eigenvalue weighted by Gasteiger charge is 2.25. The second kappa shape index (κ2) is 65.4. The van der Waals surface area contributed by atoms with Gasteiger partial charge in [-0.2, -0.15) is 0 Å². The molecule has 0 radical (unpaired) electrons. The Labute approximate surface area is 522 Å². The van der Waals surface area contributed by atoms with E-state index in [-0.39, 0.29) is 32.2 Å². The molecule has 0 amide bonds. The van der Waals surface area contributed by atoms with Crippen LogP contribution in [0.15, 0.2) is 134 Å². The molecule has 0 spiro atoms. The van der Waals surface area contributed by atoms with Crippen LogP contribution in [0.25, 0.3) is 0 Å². The van der Waals surface area contributed by atoms with Crippen LogP contribution < -0.4 is 0 Å². The van der Waals surface area contributed by atoms with E-state index in [1.54, 1.807) is 0 Å². The number of nitrogens with zero attached hydrogens (tertiary/aromatic N) is 1. The summed E-state index contributed by atoms with van der Waals surface area (Å²) >= 11 is 0. The number of carboxylic acids is 1. The van der Waals surface area contributed by atoms with Crippen molar-refractivity contribution in [2.24, 2.45) is 0 Å². The second-order valence-corrected chi connectivity index (χ2v) is 23.7. The Bertz CT molecular complexity index is 1860. The molecule has 2 unspecified atom stereocenters. The summed E-state index contributed by atoms with van der Waals surface area (Å²) in [6, 6.07) is 0. The van der Waals surface area contributed by atoms with Crippen molar-refractivity contribution >= 4 is 17.9 Å². The van der Waals surface area contributed by atoms with Gasteiger partial charge in [-0.1, -0.05) is 276 Å². The Kier molecular flexibility index (Phi) is 61.9. The molecule has 9 nitrogen and oxygen atoms in total. The summed E-state index contributed by atoms with van der Waals surface area (Å²) in [7, 11) is 5.97. The fraction of sp³-hybridized carbons (Fsp3) is 0.671. The van der Waals surface area contributed by atoms with Crippen molar-refractivity contribution in [2.45, 2.75) is 283 Å². The third-order valence-electron chi connectivity index (χ3n) is 14.4. The van der Waals surface area contributed by atoms with E-state index in [4.69, 9.17) is 18.9 Å². The van der Waals surface area contributed by atoms with E-state index in [1.807, 2.05) is 21.1 Å². The summed E-state index contributed by atoms with van der Waals surface area (Å²) in [4.78, 5) is 37.6. The molecular formula is C76H128NO8+. The van der Waals surface area contributed by atoms with Crippen molar-refractivity contribution in [3.63, 3.8) is 0 Å². The predicted molar refractivity (Wildman–Crippen MR) is 364 cm³/mol. The fourth-order valence-electron chi connectivity index (χ4n) is 9.15. The van der Waals surface area contributed by atoms with Crippen LogP contribution in [0.4, 0.5) is 0 Å². The first-order valence-electron chi connectivity index (χ1n) is 34.3. The van der Waals surface area contributed by atoms with Crippen LogP contribution in [0.1, 0.15) is 271 Å². The molecule has 0 heterocycles. The lowest BCUT2D eigenvalue weighted by Crippen LogP contribution is -2.40. The van der Waals surface area contributed by atoms with Crippen LogP contribution in [0.2, 0.25) is 0 Å². The Morgan fingerprint density at radius 2 is 0.671 bits per heavy atom. The maximum atomic E-state index is 12.9. The molecule has 0 aromatic carbocycles. The van der Waals surface area contributed by atoms with Crippen LogP contribution in [0, 0.1) is 0 Å². The predicted octanol–water partition coefficient (Wildman–Crippen LogP) is 21.4. The fourth-order valence-corrected chi connectivity index (χ4v) is 9.15. The van der Waals surface area contributed by atoms with Gasteiger partial charge in [-0.25, -0.2) is 4.79 Å². The number of carboxylic acid groups (broad SMARTS) is 1. The molecule has 0 aromatic rings. The first-order valence-corrected chi connectivity index (χ1v) is 34.3. The number of hydrogen-bond acceptors (Lipinski definition) is 7. The first-order chi connectivity index (χ1) is 41.6. The topological polar surface area (TPSA) is 108 Å². The van der Waals surface area contributed by atoms with Gasteiger partial charge in [-0.15, -0.1) is 0 Å². The van der Waals surface area contributed by atoms with Gasteiger partial charge in [0.2, 0.25) is 0 Å². The minimum absolute atomic E-state index is 0.180. The van der Waals surface area contributed by atoms with Crippen molar-refractivity contribution in [2.75, 3.05) is 47.5 Å². The number of quaternary nitrogens is 1. The standard InChI is InChI=1S/C76H127NO8/c1-6-8-10-12-14-16-18-20-22-24-26-28-29-30-31-32-33-34-35-36-37-38-39-40-41-42-43-44-45-47-49-51-53-55-57-59-61-63-65-67-74(79)85-72(71-84-76(75(80)81)82-69-68-77(3,4)5)70-83-73(78)66-64-62-60-58-56-54-52-50-48-46-27-25-23-21-19-17-15-13-11-9-7-2/h8,10,14,16,20,22,25-28,30-31,33-34,36-37,39-40,42-43,45,47,72,76H,6-7,9,11-13,15,17-19,21,23-24,29,32,35,38,41,44,46,48-71H2,1-5H3/p+1/b10-8-,16-14-,22-20-,27-25-,28-26-,31-30-,34-33-,37-36-,40-39-,43-42-,47-45-. The lowest BCUT2D eigenvalue weighted by atomic mass is 10.1. The van der Waals surface area contributed by atoms with Crippen LogP contribution >= 0.6 is 0 Å². The van der Waals surface area contributed by atoms with Gasteiger partial charge >= 0.3 is 17.9 Å². The molecule has 2 atom stereocenters. The maximum absolute atomic E-state index is 12.9. The molecule has 0 aromatic heterocycles. The molecule has 0 rings (SSSR count). The molecule has 0 fully saturated rings. The lowest BCUT2D eigenvalue weighted by molar-refractivity contribution is -0.870.